The van der Waals surface area contributed by atoms with Crippen molar-refractivity contribution >= 4 is 22.7 Å². The summed E-state index contributed by atoms with van der Waals surface area (Å²) in [4.78, 5) is 15.5. The van der Waals surface area contributed by atoms with Gasteiger partial charge < -0.3 is 15.5 Å². The number of hydrogen-bond donors (Lipinski definition) is 2. The van der Waals surface area contributed by atoms with Crippen molar-refractivity contribution in [2.75, 3.05) is 38.0 Å². The first kappa shape index (κ1) is 18.3. The van der Waals surface area contributed by atoms with Crippen LogP contribution < -0.4 is 10.6 Å². The summed E-state index contributed by atoms with van der Waals surface area (Å²) < 4.78 is 0. The average Bonchev–Trinajstić information content (AvgIpc) is 3.25. The van der Waals surface area contributed by atoms with Gasteiger partial charge in [-0.15, -0.1) is 0 Å². The molecular formula is C25H27N3O. The second kappa shape index (κ2) is 7.62. The molecule has 2 heterocycles. The largest absolute Gasteiger partial charge is 0.321 e. The van der Waals surface area contributed by atoms with E-state index in [1.165, 1.54) is 22.3 Å². The van der Waals surface area contributed by atoms with E-state index in [0.717, 1.165) is 68.0 Å². The molecule has 1 saturated heterocycles. The molecule has 0 unspecified atom stereocenters. The Kier molecular flexibility index (Phi) is 4.82. The molecule has 148 valence electrons. The first-order valence-electron chi connectivity index (χ1n) is 10.6. The SMILES string of the molecule is Cc1ccc2c(c1)NC(=O)/C2=C1\Cc2ccccc2\C1=C\CCN1CCNCC1. The number of hydrogen-bond acceptors (Lipinski definition) is 3. The number of rotatable bonds is 3. The van der Waals surface area contributed by atoms with Crippen LogP contribution in [0.2, 0.25) is 0 Å². The highest BCUT2D eigenvalue weighted by molar-refractivity contribution is 6.34. The maximum atomic E-state index is 12.9. The van der Waals surface area contributed by atoms with Gasteiger partial charge in [0.05, 0.1) is 5.57 Å². The van der Waals surface area contributed by atoms with Gasteiger partial charge in [-0.05, 0) is 53.7 Å². The Morgan fingerprint density at radius 1 is 1.07 bits per heavy atom. The number of nitrogens with zero attached hydrogens (tertiary/aromatic N) is 1. The molecular weight excluding hydrogens is 358 g/mol. The van der Waals surface area contributed by atoms with Crippen LogP contribution in [0.1, 0.15) is 28.7 Å². The van der Waals surface area contributed by atoms with Gasteiger partial charge in [0.25, 0.3) is 5.91 Å². The van der Waals surface area contributed by atoms with Gasteiger partial charge in [-0.25, -0.2) is 0 Å². The molecule has 0 aromatic heterocycles. The third kappa shape index (κ3) is 3.43. The smallest absolute Gasteiger partial charge is 0.256 e. The fourth-order valence-electron chi connectivity index (χ4n) is 4.75. The minimum absolute atomic E-state index is 0.0291. The Morgan fingerprint density at radius 3 is 2.76 bits per heavy atom. The zero-order valence-electron chi connectivity index (χ0n) is 16.9. The zero-order valence-corrected chi connectivity index (χ0v) is 16.9. The van der Waals surface area contributed by atoms with Crippen molar-refractivity contribution in [2.45, 2.75) is 19.8 Å². The van der Waals surface area contributed by atoms with Crippen molar-refractivity contribution in [3.05, 3.63) is 76.4 Å². The molecule has 29 heavy (non-hydrogen) atoms. The molecule has 1 fully saturated rings. The van der Waals surface area contributed by atoms with Gasteiger partial charge in [-0.1, -0.05) is 42.5 Å². The van der Waals surface area contributed by atoms with E-state index in [-0.39, 0.29) is 5.91 Å². The van der Waals surface area contributed by atoms with Gasteiger partial charge in [-0.3, -0.25) is 4.79 Å². The van der Waals surface area contributed by atoms with Gasteiger partial charge in [0.1, 0.15) is 0 Å². The summed E-state index contributed by atoms with van der Waals surface area (Å²) in [7, 11) is 0. The topological polar surface area (TPSA) is 44.4 Å². The number of allylic oxidation sites excluding steroid dienone is 2. The van der Waals surface area contributed by atoms with E-state index >= 15 is 0 Å². The van der Waals surface area contributed by atoms with Crippen LogP contribution in [-0.2, 0) is 11.2 Å². The quantitative estimate of drug-likeness (QED) is 0.793. The van der Waals surface area contributed by atoms with Gasteiger partial charge in [-0.2, -0.15) is 0 Å². The molecule has 4 nitrogen and oxygen atoms in total. The highest BCUT2D eigenvalue weighted by atomic mass is 16.2. The van der Waals surface area contributed by atoms with Crippen LogP contribution in [0.15, 0.2) is 54.1 Å². The van der Waals surface area contributed by atoms with E-state index < -0.39 is 0 Å². The number of fused-ring (bicyclic) bond motifs is 2. The third-order valence-electron chi connectivity index (χ3n) is 6.22. The molecule has 1 aliphatic carbocycles. The highest BCUT2D eigenvalue weighted by Crippen LogP contribution is 2.44. The monoisotopic (exact) mass is 385 g/mol. The number of piperazine rings is 1. The summed E-state index contributed by atoms with van der Waals surface area (Å²) in [6.45, 7) is 7.50. The first-order valence-corrected chi connectivity index (χ1v) is 10.6. The van der Waals surface area contributed by atoms with Gasteiger partial charge >= 0.3 is 0 Å². The molecule has 3 aliphatic rings. The number of aryl methyl sites for hydroxylation is 1. The molecule has 2 N–H and O–H groups in total. The van der Waals surface area contributed by atoms with Crippen LogP contribution in [0.3, 0.4) is 0 Å². The fourth-order valence-corrected chi connectivity index (χ4v) is 4.75. The van der Waals surface area contributed by atoms with Gasteiger partial charge in [0.2, 0.25) is 0 Å². The summed E-state index contributed by atoms with van der Waals surface area (Å²) >= 11 is 0. The van der Waals surface area contributed by atoms with Crippen molar-refractivity contribution in [3.63, 3.8) is 0 Å². The van der Waals surface area contributed by atoms with Gasteiger partial charge in [0.15, 0.2) is 0 Å². The predicted molar refractivity (Wildman–Crippen MR) is 119 cm³/mol. The van der Waals surface area contributed by atoms with E-state index in [4.69, 9.17) is 0 Å². The molecule has 4 heteroatoms. The normalized spacial score (nSPS) is 22.7. The summed E-state index contributed by atoms with van der Waals surface area (Å²) in [5, 5.41) is 6.49. The number of benzene rings is 2. The third-order valence-corrected chi connectivity index (χ3v) is 6.22. The van der Waals surface area contributed by atoms with Crippen LogP contribution in [0.4, 0.5) is 5.69 Å². The summed E-state index contributed by atoms with van der Waals surface area (Å²) in [6.07, 6.45) is 4.18. The summed E-state index contributed by atoms with van der Waals surface area (Å²) in [5.74, 6) is 0.0291. The lowest BCUT2D eigenvalue weighted by atomic mass is 9.94. The molecule has 0 spiro atoms. The minimum atomic E-state index is 0.0291. The lowest BCUT2D eigenvalue weighted by molar-refractivity contribution is -0.110. The Labute approximate surface area is 172 Å². The fraction of sp³-hybridized carbons (Fsp3) is 0.320. The molecule has 0 radical (unpaired) electrons. The molecule has 0 bridgehead atoms. The molecule has 5 rings (SSSR count). The van der Waals surface area contributed by atoms with E-state index in [1.807, 2.05) is 0 Å². The van der Waals surface area contributed by atoms with Crippen molar-refractivity contribution in [3.8, 4) is 0 Å². The molecule has 1 amide bonds. The van der Waals surface area contributed by atoms with Crippen molar-refractivity contribution < 1.29 is 4.79 Å². The molecule has 2 aromatic rings. The van der Waals surface area contributed by atoms with Crippen molar-refractivity contribution in [1.29, 1.82) is 0 Å². The molecule has 2 aliphatic heterocycles. The second-order valence-corrected chi connectivity index (χ2v) is 8.19. The van der Waals surface area contributed by atoms with Crippen LogP contribution in [0.25, 0.3) is 11.1 Å². The standard InChI is InChI=1S/C25H27N3O/c1-17-8-9-21-23(15-17)27-25(29)24(21)22-16-18-5-2-3-6-19(18)20(22)7-4-12-28-13-10-26-11-14-28/h2-3,5-9,15,26H,4,10-14,16H2,1H3,(H,27,29)/b20-7-,24-22+. The van der Waals surface area contributed by atoms with Crippen LogP contribution in [0.5, 0.6) is 0 Å². The zero-order chi connectivity index (χ0) is 19.8. The van der Waals surface area contributed by atoms with Crippen LogP contribution in [0, 0.1) is 6.92 Å². The average molecular weight is 386 g/mol. The number of amides is 1. The summed E-state index contributed by atoms with van der Waals surface area (Å²) in [6, 6.07) is 14.8. The molecule has 2 aromatic carbocycles. The van der Waals surface area contributed by atoms with E-state index in [0.29, 0.717) is 0 Å². The van der Waals surface area contributed by atoms with E-state index in [2.05, 4.69) is 71.0 Å². The Hall–Kier alpha value is -2.69. The van der Waals surface area contributed by atoms with E-state index in [9.17, 15) is 4.79 Å². The lowest BCUT2D eigenvalue weighted by Gasteiger charge is -2.26. The highest BCUT2D eigenvalue weighted by Gasteiger charge is 2.32. The first-order chi connectivity index (χ1) is 14.2. The molecule has 0 saturated carbocycles. The van der Waals surface area contributed by atoms with E-state index in [1.54, 1.807) is 0 Å². The van der Waals surface area contributed by atoms with Crippen LogP contribution >= 0.6 is 0 Å². The lowest BCUT2D eigenvalue weighted by Crippen LogP contribution is -2.43. The Bertz CT molecular complexity index is 1030. The molecule has 0 atom stereocenters. The second-order valence-electron chi connectivity index (χ2n) is 8.19. The summed E-state index contributed by atoms with van der Waals surface area (Å²) in [5.41, 5.74) is 9.01. The Morgan fingerprint density at radius 2 is 1.90 bits per heavy atom. The number of carbonyl (C=O) groups is 1. The van der Waals surface area contributed by atoms with Crippen LogP contribution in [-0.4, -0.2) is 43.5 Å². The number of nitrogens with one attached hydrogen (secondary N) is 2. The van der Waals surface area contributed by atoms with Gasteiger partial charge in [0, 0.05) is 44.0 Å². The minimum Gasteiger partial charge on any atom is -0.321 e. The number of anilines is 1. The van der Waals surface area contributed by atoms with Crippen molar-refractivity contribution in [2.24, 2.45) is 0 Å². The predicted octanol–water partition coefficient (Wildman–Crippen LogP) is 3.64. The van der Waals surface area contributed by atoms with Crippen molar-refractivity contribution in [1.82, 2.24) is 10.2 Å². The Balaban J connectivity index is 1.53. The maximum Gasteiger partial charge on any atom is 0.256 e. The number of carbonyl (C=O) groups excluding carboxylic acids is 1. The maximum absolute atomic E-state index is 12.9.